The van der Waals surface area contributed by atoms with Gasteiger partial charge < -0.3 is 9.64 Å². The first-order valence-corrected chi connectivity index (χ1v) is 7.05. The number of carbonyl (C=O) groups is 1. The van der Waals surface area contributed by atoms with E-state index in [1.54, 1.807) is 4.90 Å². The summed E-state index contributed by atoms with van der Waals surface area (Å²) in [4.78, 5) is 13.8. The number of nitrogens with zero attached hydrogens (tertiary/aromatic N) is 1. The van der Waals surface area contributed by atoms with E-state index in [0.29, 0.717) is 18.7 Å². The zero-order valence-electron chi connectivity index (χ0n) is 10.6. The summed E-state index contributed by atoms with van der Waals surface area (Å²) in [6.45, 7) is 2.10. The van der Waals surface area contributed by atoms with Crippen molar-refractivity contribution in [2.45, 2.75) is 12.8 Å². The summed E-state index contributed by atoms with van der Waals surface area (Å²) >= 11 is 3.37. The summed E-state index contributed by atoms with van der Waals surface area (Å²) in [7, 11) is 1.81. The highest BCUT2D eigenvalue weighted by Crippen LogP contribution is 2.28. The molecular weight excluding hydrogens is 294 g/mol. The molecule has 0 heterocycles. The Morgan fingerprint density at radius 2 is 2.28 bits per heavy atom. The number of rotatable bonds is 6. The van der Waals surface area contributed by atoms with E-state index in [9.17, 15) is 4.79 Å². The summed E-state index contributed by atoms with van der Waals surface area (Å²) < 4.78 is 6.46. The zero-order chi connectivity index (χ0) is 13.0. The van der Waals surface area contributed by atoms with Crippen LogP contribution < -0.4 is 0 Å². The molecule has 0 spiro atoms. The monoisotopic (exact) mass is 311 g/mol. The maximum absolute atomic E-state index is 12.1. The SMILES string of the molecule is CN(CCOCC1CC1)C(=O)c1cccc(Br)c1. The van der Waals surface area contributed by atoms with Crippen LogP contribution >= 0.6 is 15.9 Å². The Morgan fingerprint density at radius 1 is 1.50 bits per heavy atom. The number of likely N-dealkylation sites (N-methyl/N-ethyl adjacent to an activating group) is 1. The van der Waals surface area contributed by atoms with Gasteiger partial charge in [0.05, 0.1) is 6.61 Å². The van der Waals surface area contributed by atoms with Gasteiger partial charge in [-0.2, -0.15) is 0 Å². The molecule has 0 bridgehead atoms. The largest absolute Gasteiger partial charge is 0.379 e. The molecule has 1 saturated carbocycles. The Kier molecular flexibility index (Phi) is 4.78. The quantitative estimate of drug-likeness (QED) is 0.756. The standard InChI is InChI=1S/C14H18BrNO2/c1-16(7-8-18-10-11-5-6-11)14(17)12-3-2-4-13(15)9-12/h2-4,9,11H,5-8,10H2,1H3. The number of hydrogen-bond acceptors (Lipinski definition) is 2. The fourth-order valence-electron chi connectivity index (χ4n) is 1.68. The first kappa shape index (κ1) is 13.6. The van der Waals surface area contributed by atoms with Crippen molar-refractivity contribution in [1.82, 2.24) is 4.90 Å². The van der Waals surface area contributed by atoms with Crippen LogP contribution in [0.1, 0.15) is 23.2 Å². The van der Waals surface area contributed by atoms with E-state index < -0.39 is 0 Å². The molecule has 18 heavy (non-hydrogen) atoms. The second-order valence-electron chi connectivity index (χ2n) is 4.76. The van der Waals surface area contributed by atoms with Crippen molar-refractivity contribution in [3.05, 3.63) is 34.3 Å². The van der Waals surface area contributed by atoms with Crippen LogP contribution in [0.2, 0.25) is 0 Å². The molecule has 1 amide bonds. The fourth-order valence-corrected chi connectivity index (χ4v) is 2.08. The van der Waals surface area contributed by atoms with Gasteiger partial charge in [-0.1, -0.05) is 22.0 Å². The van der Waals surface area contributed by atoms with Gasteiger partial charge >= 0.3 is 0 Å². The molecule has 3 nitrogen and oxygen atoms in total. The minimum absolute atomic E-state index is 0.0336. The van der Waals surface area contributed by atoms with Gasteiger partial charge in [-0.3, -0.25) is 4.79 Å². The average Bonchev–Trinajstić information content (AvgIpc) is 3.17. The predicted octanol–water partition coefficient (Wildman–Crippen LogP) is 2.95. The van der Waals surface area contributed by atoms with Crippen LogP contribution in [0.25, 0.3) is 0 Å². The number of carbonyl (C=O) groups excluding carboxylic acids is 1. The van der Waals surface area contributed by atoms with Gasteiger partial charge in [0.1, 0.15) is 0 Å². The molecule has 1 fully saturated rings. The van der Waals surface area contributed by atoms with Gasteiger partial charge in [-0.05, 0) is 37.0 Å². The molecule has 98 valence electrons. The van der Waals surface area contributed by atoms with E-state index in [0.717, 1.165) is 17.0 Å². The molecule has 0 atom stereocenters. The summed E-state index contributed by atoms with van der Waals surface area (Å²) in [5.74, 6) is 0.808. The van der Waals surface area contributed by atoms with Crippen LogP contribution in [0, 0.1) is 5.92 Å². The van der Waals surface area contributed by atoms with Gasteiger partial charge in [0.15, 0.2) is 0 Å². The Bertz CT molecular complexity index is 418. The van der Waals surface area contributed by atoms with Gasteiger partial charge in [-0.15, -0.1) is 0 Å². The molecule has 0 N–H and O–H groups in total. The Hall–Kier alpha value is -0.870. The highest BCUT2D eigenvalue weighted by molar-refractivity contribution is 9.10. The lowest BCUT2D eigenvalue weighted by molar-refractivity contribution is 0.0681. The van der Waals surface area contributed by atoms with Crippen molar-refractivity contribution >= 4 is 21.8 Å². The van der Waals surface area contributed by atoms with E-state index in [1.165, 1.54) is 12.8 Å². The molecule has 1 aromatic rings. The maximum atomic E-state index is 12.1. The highest BCUT2D eigenvalue weighted by Gasteiger charge is 2.21. The summed E-state index contributed by atoms with van der Waals surface area (Å²) in [6.07, 6.45) is 2.60. The second kappa shape index (κ2) is 6.34. The van der Waals surface area contributed by atoms with E-state index >= 15 is 0 Å². The topological polar surface area (TPSA) is 29.5 Å². The van der Waals surface area contributed by atoms with Crippen LogP contribution in [-0.2, 0) is 4.74 Å². The van der Waals surface area contributed by atoms with E-state index in [-0.39, 0.29) is 5.91 Å². The van der Waals surface area contributed by atoms with Crippen molar-refractivity contribution in [1.29, 1.82) is 0 Å². The number of amides is 1. The van der Waals surface area contributed by atoms with Crippen LogP contribution in [-0.4, -0.2) is 37.6 Å². The van der Waals surface area contributed by atoms with Crippen LogP contribution in [0.15, 0.2) is 28.7 Å². The lowest BCUT2D eigenvalue weighted by Gasteiger charge is -2.17. The first-order chi connectivity index (χ1) is 8.66. The second-order valence-corrected chi connectivity index (χ2v) is 5.67. The fraction of sp³-hybridized carbons (Fsp3) is 0.500. The number of halogens is 1. The van der Waals surface area contributed by atoms with Crippen molar-refractivity contribution in [2.75, 3.05) is 26.8 Å². The number of ether oxygens (including phenoxy) is 1. The maximum Gasteiger partial charge on any atom is 0.253 e. The first-order valence-electron chi connectivity index (χ1n) is 6.25. The lowest BCUT2D eigenvalue weighted by atomic mass is 10.2. The molecular formula is C14H18BrNO2. The molecule has 0 unspecified atom stereocenters. The third-order valence-electron chi connectivity index (χ3n) is 3.04. The Balaban J connectivity index is 1.76. The van der Waals surface area contributed by atoms with Crippen molar-refractivity contribution in [2.24, 2.45) is 5.92 Å². The van der Waals surface area contributed by atoms with E-state index in [1.807, 2.05) is 31.3 Å². The molecule has 1 aliphatic rings. The number of hydrogen-bond donors (Lipinski definition) is 0. The van der Waals surface area contributed by atoms with Gasteiger partial charge in [-0.25, -0.2) is 0 Å². The molecule has 0 aliphatic heterocycles. The molecule has 4 heteroatoms. The third kappa shape index (κ3) is 4.10. The summed E-state index contributed by atoms with van der Waals surface area (Å²) in [5, 5.41) is 0. The van der Waals surface area contributed by atoms with Gasteiger partial charge in [0.2, 0.25) is 0 Å². The Morgan fingerprint density at radius 3 is 2.94 bits per heavy atom. The lowest BCUT2D eigenvalue weighted by Crippen LogP contribution is -2.30. The summed E-state index contributed by atoms with van der Waals surface area (Å²) in [6, 6.07) is 7.45. The van der Waals surface area contributed by atoms with Crippen molar-refractivity contribution in [3.8, 4) is 0 Å². The minimum atomic E-state index is 0.0336. The molecule has 0 saturated heterocycles. The van der Waals surface area contributed by atoms with Gasteiger partial charge in [0, 0.05) is 30.2 Å². The molecule has 1 aliphatic carbocycles. The third-order valence-corrected chi connectivity index (χ3v) is 3.53. The van der Waals surface area contributed by atoms with Crippen molar-refractivity contribution in [3.63, 3.8) is 0 Å². The average molecular weight is 312 g/mol. The zero-order valence-corrected chi connectivity index (χ0v) is 12.1. The summed E-state index contributed by atoms with van der Waals surface area (Å²) in [5.41, 5.74) is 0.703. The van der Waals surface area contributed by atoms with E-state index in [4.69, 9.17) is 4.74 Å². The number of benzene rings is 1. The molecule has 1 aromatic carbocycles. The van der Waals surface area contributed by atoms with Crippen LogP contribution in [0.4, 0.5) is 0 Å². The predicted molar refractivity (Wildman–Crippen MR) is 74.6 cm³/mol. The smallest absolute Gasteiger partial charge is 0.253 e. The van der Waals surface area contributed by atoms with Gasteiger partial charge in [0.25, 0.3) is 5.91 Å². The highest BCUT2D eigenvalue weighted by atomic mass is 79.9. The Labute approximate surface area is 116 Å². The molecule has 0 aromatic heterocycles. The van der Waals surface area contributed by atoms with Crippen molar-refractivity contribution < 1.29 is 9.53 Å². The normalized spacial score (nSPS) is 14.6. The molecule has 0 radical (unpaired) electrons. The van der Waals surface area contributed by atoms with E-state index in [2.05, 4.69) is 15.9 Å². The molecule has 2 rings (SSSR count). The van der Waals surface area contributed by atoms with Crippen LogP contribution in [0.5, 0.6) is 0 Å². The minimum Gasteiger partial charge on any atom is -0.379 e. The van der Waals surface area contributed by atoms with Crippen LogP contribution in [0.3, 0.4) is 0 Å².